The van der Waals surface area contributed by atoms with Gasteiger partial charge in [0.25, 0.3) is 0 Å². The Labute approximate surface area is 170 Å². The Morgan fingerprint density at radius 2 is 1.89 bits per heavy atom. The largest absolute Gasteiger partial charge is 0.491 e. The summed E-state index contributed by atoms with van der Waals surface area (Å²) >= 11 is 17.6. The molecule has 1 aliphatic rings. The van der Waals surface area contributed by atoms with E-state index in [1.165, 1.54) is 4.90 Å². The Bertz CT molecular complexity index is 747. The van der Waals surface area contributed by atoms with Crippen LogP contribution in [-0.2, 0) is 32.0 Å². The number of hydrogen-bond acceptors (Lipinski definition) is 7. The molecule has 13 heteroatoms. The molecule has 1 aromatic heterocycles. The molecule has 2 heterocycles. The Balaban J connectivity index is 1.93. The molecule has 0 fully saturated rings. The zero-order valence-electron chi connectivity index (χ0n) is 13.3. The second-order valence-corrected chi connectivity index (χ2v) is 9.12. The number of hydrogen-bond donors (Lipinski definition) is 0. The fraction of sp³-hybridized carbons (Fsp3) is 0.500. The van der Waals surface area contributed by atoms with Gasteiger partial charge in [0.2, 0.25) is 3.79 Å². The molecule has 27 heavy (non-hydrogen) atoms. The van der Waals surface area contributed by atoms with Crippen LogP contribution < -0.4 is 0 Å². The summed E-state index contributed by atoms with van der Waals surface area (Å²) in [7, 11) is 0. The van der Waals surface area contributed by atoms with Crippen molar-refractivity contribution in [3.63, 3.8) is 0 Å². The van der Waals surface area contributed by atoms with Crippen molar-refractivity contribution in [2.24, 2.45) is 0 Å². The number of nitrogens with zero attached hydrogens (tertiary/aromatic N) is 1. The fourth-order valence-electron chi connectivity index (χ4n) is 2.20. The van der Waals surface area contributed by atoms with Crippen LogP contribution in [0.5, 0.6) is 0 Å². The number of carbonyl (C=O) groups is 3. The van der Waals surface area contributed by atoms with Crippen LogP contribution in [0.1, 0.15) is 20.1 Å². The second kappa shape index (κ2) is 8.52. The summed E-state index contributed by atoms with van der Waals surface area (Å²) in [6.07, 6.45) is -4.79. The average Bonchev–Trinajstić information content (AvgIpc) is 2.94. The van der Waals surface area contributed by atoms with Crippen LogP contribution in [0.3, 0.4) is 0 Å². The van der Waals surface area contributed by atoms with Crippen LogP contribution in [0.4, 0.5) is 13.2 Å². The van der Waals surface area contributed by atoms with Gasteiger partial charge in [0.1, 0.15) is 11.5 Å². The zero-order chi connectivity index (χ0) is 20.4. The highest BCUT2D eigenvalue weighted by Crippen LogP contribution is 2.30. The first-order chi connectivity index (χ1) is 12.3. The molecule has 0 N–H and O–H groups in total. The molecule has 0 amide bonds. The summed E-state index contributed by atoms with van der Waals surface area (Å²) in [6, 6.07) is 1.61. The van der Waals surface area contributed by atoms with E-state index in [1.807, 2.05) is 0 Å². The molecule has 0 saturated carbocycles. The number of rotatable bonds is 4. The fourth-order valence-corrected chi connectivity index (χ4v) is 3.51. The Morgan fingerprint density at radius 1 is 1.22 bits per heavy atom. The van der Waals surface area contributed by atoms with Crippen molar-refractivity contribution in [3.8, 4) is 0 Å². The SMILES string of the molecule is O=C(CN1CCc2cc(C(=O)OCC(Cl)(Cl)Cl)sc2C1)OC(=O)C(F)(F)F. The highest BCUT2D eigenvalue weighted by Gasteiger charge is 2.42. The molecule has 0 aromatic carbocycles. The van der Waals surface area contributed by atoms with Crippen molar-refractivity contribution in [1.82, 2.24) is 4.90 Å². The van der Waals surface area contributed by atoms with E-state index in [0.717, 1.165) is 21.8 Å². The zero-order valence-corrected chi connectivity index (χ0v) is 16.4. The highest BCUT2D eigenvalue weighted by atomic mass is 35.6. The second-order valence-electron chi connectivity index (χ2n) is 5.47. The summed E-state index contributed by atoms with van der Waals surface area (Å²) in [4.78, 5) is 36.6. The first kappa shape index (κ1) is 22.2. The van der Waals surface area contributed by atoms with Crippen LogP contribution in [0.15, 0.2) is 6.07 Å². The minimum atomic E-state index is -5.24. The van der Waals surface area contributed by atoms with E-state index in [-0.39, 0.29) is 11.4 Å². The number of alkyl halides is 6. The highest BCUT2D eigenvalue weighted by molar-refractivity contribution is 7.14. The van der Waals surface area contributed by atoms with Gasteiger partial charge in [-0.1, -0.05) is 34.8 Å². The predicted molar refractivity (Wildman–Crippen MR) is 91.0 cm³/mol. The maximum atomic E-state index is 12.1. The Morgan fingerprint density at radius 3 is 2.48 bits per heavy atom. The van der Waals surface area contributed by atoms with Crippen molar-refractivity contribution in [1.29, 1.82) is 0 Å². The third-order valence-corrected chi connectivity index (χ3v) is 4.79. The Hall–Kier alpha value is -1.07. The number of esters is 3. The van der Waals surface area contributed by atoms with E-state index in [1.54, 1.807) is 6.07 Å². The van der Waals surface area contributed by atoms with Gasteiger partial charge < -0.3 is 9.47 Å². The number of carbonyl (C=O) groups excluding carboxylic acids is 3. The van der Waals surface area contributed by atoms with Gasteiger partial charge in [-0.25, -0.2) is 9.59 Å². The molecule has 0 spiro atoms. The number of thiophene rings is 1. The van der Waals surface area contributed by atoms with Crippen LogP contribution >= 0.6 is 46.1 Å². The molecule has 0 saturated heterocycles. The molecule has 6 nitrogen and oxygen atoms in total. The molecular formula is C14H11Cl3F3NO5S. The standard InChI is InChI=1S/C14H11Cl3F3NO5S/c15-13(16,17)6-25-11(23)8-3-7-1-2-21(4-9(7)27-8)5-10(22)26-12(24)14(18,19)20/h3H,1-2,4-6H2. The molecular weight excluding hydrogens is 458 g/mol. The van der Waals surface area contributed by atoms with E-state index >= 15 is 0 Å². The van der Waals surface area contributed by atoms with Gasteiger partial charge in [0, 0.05) is 18.0 Å². The van der Waals surface area contributed by atoms with E-state index in [2.05, 4.69) is 4.74 Å². The van der Waals surface area contributed by atoms with Crippen LogP contribution in [0.25, 0.3) is 0 Å². The topological polar surface area (TPSA) is 72.9 Å². The van der Waals surface area contributed by atoms with E-state index in [0.29, 0.717) is 13.0 Å². The quantitative estimate of drug-likeness (QED) is 0.384. The maximum Gasteiger partial charge on any atom is 0.491 e. The van der Waals surface area contributed by atoms with Gasteiger partial charge in [-0.2, -0.15) is 13.2 Å². The van der Waals surface area contributed by atoms with Crippen LogP contribution in [0, 0.1) is 0 Å². The molecule has 150 valence electrons. The van der Waals surface area contributed by atoms with Crippen LogP contribution in [0.2, 0.25) is 0 Å². The van der Waals surface area contributed by atoms with E-state index in [4.69, 9.17) is 39.5 Å². The van der Waals surface area contributed by atoms with Gasteiger partial charge in [-0.3, -0.25) is 9.69 Å². The van der Waals surface area contributed by atoms with Gasteiger partial charge in [0.05, 0.1) is 6.54 Å². The van der Waals surface area contributed by atoms with Crippen LogP contribution in [-0.4, -0.2) is 52.5 Å². The monoisotopic (exact) mass is 467 g/mol. The lowest BCUT2D eigenvalue weighted by molar-refractivity contribution is -0.202. The third kappa shape index (κ3) is 6.79. The molecule has 1 aromatic rings. The van der Waals surface area contributed by atoms with E-state index in [9.17, 15) is 27.6 Å². The minimum Gasteiger partial charge on any atom is -0.457 e. The number of fused-ring (bicyclic) bond motifs is 1. The Kier molecular flexibility index (Phi) is 7.01. The molecule has 0 aliphatic carbocycles. The molecule has 0 bridgehead atoms. The minimum absolute atomic E-state index is 0.201. The summed E-state index contributed by atoms with van der Waals surface area (Å²) in [5.74, 6) is -4.54. The first-order valence-electron chi connectivity index (χ1n) is 7.25. The van der Waals surface area contributed by atoms with Gasteiger partial charge in [-0.05, 0) is 18.1 Å². The van der Waals surface area contributed by atoms with Gasteiger partial charge >= 0.3 is 24.1 Å². The lowest BCUT2D eigenvalue weighted by Crippen LogP contribution is -2.37. The van der Waals surface area contributed by atoms with E-state index < -0.39 is 41.0 Å². The van der Waals surface area contributed by atoms with Crippen molar-refractivity contribution >= 4 is 64.0 Å². The average molecular weight is 469 g/mol. The molecule has 2 rings (SSSR count). The lowest BCUT2D eigenvalue weighted by atomic mass is 10.1. The van der Waals surface area contributed by atoms with Gasteiger partial charge in [-0.15, -0.1) is 11.3 Å². The molecule has 0 radical (unpaired) electrons. The molecule has 0 unspecified atom stereocenters. The predicted octanol–water partition coefficient (Wildman–Crippen LogP) is 3.27. The third-order valence-electron chi connectivity index (χ3n) is 3.32. The molecule has 0 atom stereocenters. The summed E-state index contributed by atoms with van der Waals surface area (Å²) in [6.45, 7) is -0.384. The molecule has 1 aliphatic heterocycles. The smallest absolute Gasteiger partial charge is 0.457 e. The summed E-state index contributed by atoms with van der Waals surface area (Å²) in [5, 5.41) is 0. The summed E-state index contributed by atoms with van der Waals surface area (Å²) in [5.41, 5.74) is 0.844. The summed E-state index contributed by atoms with van der Waals surface area (Å²) < 4.78 is 43.2. The van der Waals surface area contributed by atoms with Crippen molar-refractivity contribution in [2.75, 3.05) is 19.7 Å². The maximum absolute atomic E-state index is 12.1. The normalized spacial score (nSPS) is 15.2. The number of halogens is 6. The first-order valence-corrected chi connectivity index (χ1v) is 9.20. The van der Waals surface area contributed by atoms with Crippen molar-refractivity contribution in [3.05, 3.63) is 21.4 Å². The van der Waals surface area contributed by atoms with Crippen molar-refractivity contribution in [2.45, 2.75) is 22.9 Å². The number of ether oxygens (including phenoxy) is 2. The van der Waals surface area contributed by atoms with Crippen molar-refractivity contribution < 1.29 is 37.0 Å². The van der Waals surface area contributed by atoms with Gasteiger partial charge in [0.15, 0.2) is 0 Å². The lowest BCUT2D eigenvalue weighted by Gasteiger charge is -2.25.